The molecule has 45 heavy (non-hydrogen) atoms. The second kappa shape index (κ2) is 13.8. The minimum atomic E-state index is -0.296. The number of likely N-dealkylation sites (tertiary alicyclic amines) is 1. The van der Waals surface area contributed by atoms with Gasteiger partial charge in [0.2, 0.25) is 5.91 Å². The average molecular weight is 604 g/mol. The Hall–Kier alpha value is -4.95. The van der Waals surface area contributed by atoms with Gasteiger partial charge in [-0.1, -0.05) is 42.5 Å². The lowest BCUT2D eigenvalue weighted by atomic mass is 10.0. The van der Waals surface area contributed by atoms with Crippen molar-refractivity contribution in [2.24, 2.45) is 5.92 Å². The van der Waals surface area contributed by atoms with Gasteiger partial charge in [0.1, 0.15) is 30.5 Å². The summed E-state index contributed by atoms with van der Waals surface area (Å²) in [6.45, 7) is 2.97. The van der Waals surface area contributed by atoms with Crippen molar-refractivity contribution in [1.29, 1.82) is 0 Å². The molecular formula is C37H37N3O5. The highest BCUT2D eigenvalue weighted by molar-refractivity contribution is 6.05. The van der Waals surface area contributed by atoms with Gasteiger partial charge in [0.05, 0.1) is 0 Å². The van der Waals surface area contributed by atoms with Gasteiger partial charge < -0.3 is 29.4 Å². The van der Waals surface area contributed by atoms with Gasteiger partial charge in [0, 0.05) is 48.9 Å². The quantitative estimate of drug-likeness (QED) is 0.217. The van der Waals surface area contributed by atoms with Crippen molar-refractivity contribution in [1.82, 2.24) is 4.90 Å². The van der Waals surface area contributed by atoms with Gasteiger partial charge in [-0.25, -0.2) is 0 Å². The summed E-state index contributed by atoms with van der Waals surface area (Å²) in [7, 11) is 2.15. The number of benzene rings is 4. The summed E-state index contributed by atoms with van der Waals surface area (Å²) in [4.78, 5) is 40.3. The van der Waals surface area contributed by atoms with Crippen molar-refractivity contribution < 1.29 is 23.9 Å². The number of hydrogen-bond donors (Lipinski definition) is 1. The summed E-state index contributed by atoms with van der Waals surface area (Å²) in [5.41, 5.74) is 4.84. The van der Waals surface area contributed by atoms with E-state index in [1.165, 1.54) is 0 Å². The van der Waals surface area contributed by atoms with Crippen molar-refractivity contribution in [3.8, 4) is 22.6 Å². The summed E-state index contributed by atoms with van der Waals surface area (Å²) in [5.74, 6) is 1.05. The first kappa shape index (κ1) is 30.1. The van der Waals surface area contributed by atoms with Crippen molar-refractivity contribution in [2.45, 2.75) is 32.0 Å². The summed E-state index contributed by atoms with van der Waals surface area (Å²) < 4.78 is 12.2. The zero-order chi connectivity index (χ0) is 31.2. The van der Waals surface area contributed by atoms with Crippen LogP contribution < -0.4 is 19.7 Å². The molecule has 1 N–H and O–H groups in total. The highest BCUT2D eigenvalue weighted by atomic mass is 16.5. The summed E-state index contributed by atoms with van der Waals surface area (Å²) in [5, 5.41) is 2.91. The lowest BCUT2D eigenvalue weighted by Gasteiger charge is -2.29. The Bertz CT molecular complexity index is 1630. The van der Waals surface area contributed by atoms with Crippen molar-refractivity contribution in [2.75, 3.05) is 36.9 Å². The third-order valence-electron chi connectivity index (χ3n) is 8.40. The molecule has 2 fully saturated rings. The van der Waals surface area contributed by atoms with E-state index in [-0.39, 0.29) is 30.3 Å². The number of ether oxygens (including phenoxy) is 2. The second-order valence-corrected chi connectivity index (χ2v) is 11.8. The molecule has 4 aromatic rings. The minimum absolute atomic E-state index is 0.0930. The molecule has 1 atom stereocenters. The number of carbonyl (C=O) groups is 3. The van der Waals surface area contributed by atoms with Crippen LogP contribution >= 0.6 is 0 Å². The summed E-state index contributed by atoms with van der Waals surface area (Å²) >= 11 is 0. The molecule has 6 rings (SSSR count). The van der Waals surface area contributed by atoms with E-state index in [1.807, 2.05) is 60.7 Å². The molecule has 8 heteroatoms. The van der Waals surface area contributed by atoms with Crippen molar-refractivity contribution >= 4 is 29.5 Å². The van der Waals surface area contributed by atoms with Crippen LogP contribution in [0.1, 0.15) is 35.2 Å². The maximum atomic E-state index is 12.9. The van der Waals surface area contributed by atoms with Crippen LogP contribution in [0.2, 0.25) is 0 Å². The number of aldehydes is 1. The number of piperidine rings is 1. The molecule has 0 radical (unpaired) electrons. The maximum Gasteiger partial charge on any atom is 0.255 e. The fraction of sp³-hybridized carbons (Fsp3) is 0.270. The van der Waals surface area contributed by atoms with E-state index >= 15 is 0 Å². The zero-order valence-corrected chi connectivity index (χ0v) is 25.4. The van der Waals surface area contributed by atoms with Gasteiger partial charge >= 0.3 is 0 Å². The van der Waals surface area contributed by atoms with Crippen LogP contribution in [0.3, 0.4) is 0 Å². The van der Waals surface area contributed by atoms with Gasteiger partial charge in [-0.3, -0.25) is 9.59 Å². The Kier molecular flexibility index (Phi) is 9.22. The molecule has 2 heterocycles. The van der Waals surface area contributed by atoms with Crippen molar-refractivity contribution in [3.63, 3.8) is 0 Å². The van der Waals surface area contributed by atoms with E-state index < -0.39 is 0 Å². The lowest BCUT2D eigenvalue weighted by molar-refractivity contribution is -0.119. The number of rotatable bonds is 10. The van der Waals surface area contributed by atoms with Gasteiger partial charge in [-0.15, -0.1) is 0 Å². The van der Waals surface area contributed by atoms with E-state index in [9.17, 15) is 14.4 Å². The van der Waals surface area contributed by atoms with Crippen LogP contribution in [0.25, 0.3) is 11.1 Å². The summed E-state index contributed by atoms with van der Waals surface area (Å²) in [6, 6.07) is 30.6. The highest BCUT2D eigenvalue weighted by Crippen LogP contribution is 2.28. The van der Waals surface area contributed by atoms with Gasteiger partial charge in [-0.05, 0) is 91.2 Å². The van der Waals surface area contributed by atoms with Crippen LogP contribution in [0.15, 0.2) is 97.1 Å². The van der Waals surface area contributed by atoms with Crippen LogP contribution in [0.4, 0.5) is 11.4 Å². The van der Waals surface area contributed by atoms with E-state index in [4.69, 9.17) is 9.47 Å². The van der Waals surface area contributed by atoms with E-state index in [0.29, 0.717) is 30.1 Å². The maximum absolute atomic E-state index is 12.9. The third kappa shape index (κ3) is 7.59. The molecule has 0 aliphatic carbocycles. The van der Waals surface area contributed by atoms with Gasteiger partial charge in [-0.2, -0.15) is 0 Å². The predicted octanol–water partition coefficient (Wildman–Crippen LogP) is 6.21. The van der Waals surface area contributed by atoms with Crippen LogP contribution in [0, 0.1) is 5.92 Å². The molecule has 2 saturated heterocycles. The minimum Gasteiger partial charge on any atom is -0.490 e. The third-order valence-corrected chi connectivity index (χ3v) is 8.40. The molecule has 1 unspecified atom stereocenters. The molecule has 0 spiro atoms. The first-order valence-corrected chi connectivity index (χ1v) is 15.4. The molecule has 2 amide bonds. The lowest BCUT2D eigenvalue weighted by Crippen LogP contribution is -2.35. The normalized spacial score (nSPS) is 17.2. The number of hydrogen-bond acceptors (Lipinski definition) is 6. The Morgan fingerprint density at radius 1 is 0.889 bits per heavy atom. The Labute approximate surface area is 263 Å². The molecule has 230 valence electrons. The number of carbonyl (C=O) groups excluding carboxylic acids is 3. The molecule has 2 aliphatic heterocycles. The van der Waals surface area contributed by atoms with E-state index in [0.717, 1.165) is 60.4 Å². The van der Waals surface area contributed by atoms with Gasteiger partial charge in [0.25, 0.3) is 5.91 Å². The largest absolute Gasteiger partial charge is 0.490 e. The number of amides is 2. The number of anilines is 2. The predicted molar refractivity (Wildman–Crippen MR) is 175 cm³/mol. The Morgan fingerprint density at radius 2 is 1.56 bits per heavy atom. The fourth-order valence-electron chi connectivity index (χ4n) is 5.71. The standard InChI is InChI=1S/C37H37N3O5/c1-39-19-17-35(18-20-39)45-34-13-5-26(6-14-34)25-44-33-15-11-29(12-16-33)28-7-9-30(10-8-28)37(43)38-31-3-2-4-32(22-31)40-23-27(24-41)21-36(40)42/h2-16,22,24,27,35H,17-21,23,25H2,1H3,(H,38,43). The SMILES string of the molecule is CN1CCC(Oc2ccc(COc3ccc(-c4ccc(C(=O)Nc5cccc(N6CC(C=O)CC6=O)c5)cc4)cc3)cc2)CC1. The Morgan fingerprint density at radius 3 is 2.22 bits per heavy atom. The first-order chi connectivity index (χ1) is 21.9. The zero-order valence-electron chi connectivity index (χ0n) is 25.4. The number of nitrogens with zero attached hydrogens (tertiary/aromatic N) is 2. The van der Waals surface area contributed by atoms with Crippen molar-refractivity contribution in [3.05, 3.63) is 108 Å². The van der Waals surface area contributed by atoms with Crippen LogP contribution in [-0.4, -0.2) is 55.8 Å². The Balaban J connectivity index is 1.00. The average Bonchev–Trinajstić information content (AvgIpc) is 3.46. The monoisotopic (exact) mass is 603 g/mol. The molecule has 0 bridgehead atoms. The fourth-order valence-corrected chi connectivity index (χ4v) is 5.71. The molecular weight excluding hydrogens is 566 g/mol. The highest BCUT2D eigenvalue weighted by Gasteiger charge is 2.30. The van der Waals surface area contributed by atoms with E-state index in [2.05, 4.69) is 17.3 Å². The summed E-state index contributed by atoms with van der Waals surface area (Å²) in [6.07, 6.45) is 3.43. The molecule has 4 aromatic carbocycles. The van der Waals surface area contributed by atoms with Gasteiger partial charge in [0.15, 0.2) is 0 Å². The van der Waals surface area contributed by atoms with Crippen LogP contribution in [-0.2, 0) is 16.2 Å². The number of nitrogens with one attached hydrogen (secondary N) is 1. The van der Waals surface area contributed by atoms with Crippen LogP contribution in [0.5, 0.6) is 11.5 Å². The molecule has 2 aliphatic rings. The molecule has 8 nitrogen and oxygen atoms in total. The molecule has 0 aromatic heterocycles. The second-order valence-electron chi connectivity index (χ2n) is 11.8. The first-order valence-electron chi connectivity index (χ1n) is 15.4. The molecule has 0 saturated carbocycles. The topological polar surface area (TPSA) is 88.2 Å². The van der Waals surface area contributed by atoms with E-state index in [1.54, 1.807) is 41.3 Å². The smallest absolute Gasteiger partial charge is 0.255 e.